The van der Waals surface area contributed by atoms with Crippen LogP contribution in [-0.2, 0) is 11.0 Å². The molecule has 1 aromatic carbocycles. The number of carbonyl (C=O) groups excluding carboxylic acids is 1. The van der Waals surface area contributed by atoms with Crippen LogP contribution in [0, 0.1) is 0 Å². The highest BCUT2D eigenvalue weighted by Gasteiger charge is 2.36. The SMILES string of the molecule is CC1(F)CCN(CC[C@@H](CC(=O)O)NC(=O)c2cc(-c3ccccc3C(F)(F)F)n(C3CCCC3)n2)C1. The second-order valence-electron chi connectivity index (χ2n) is 10.3. The third kappa shape index (κ3) is 6.68. The number of amides is 1. The molecule has 11 heteroatoms. The first kappa shape index (κ1) is 27.1. The Labute approximate surface area is 212 Å². The summed E-state index contributed by atoms with van der Waals surface area (Å²) in [7, 11) is 0. The Morgan fingerprint density at radius 3 is 2.57 bits per heavy atom. The number of aromatic nitrogens is 2. The van der Waals surface area contributed by atoms with E-state index in [1.54, 1.807) is 0 Å². The number of carboxylic acids is 1. The number of hydrogen-bond donors (Lipinski definition) is 2. The summed E-state index contributed by atoms with van der Waals surface area (Å²) in [6, 6.07) is 5.69. The molecule has 1 aliphatic carbocycles. The molecule has 202 valence electrons. The molecule has 0 bridgehead atoms. The normalized spacial score (nSPS) is 21.9. The Balaban J connectivity index is 1.58. The lowest BCUT2D eigenvalue weighted by atomic mass is 10.0. The van der Waals surface area contributed by atoms with Gasteiger partial charge in [-0.3, -0.25) is 19.2 Å². The zero-order valence-electron chi connectivity index (χ0n) is 20.7. The Bertz CT molecular complexity index is 1130. The van der Waals surface area contributed by atoms with Crippen molar-refractivity contribution < 1.29 is 32.3 Å². The van der Waals surface area contributed by atoms with Crippen molar-refractivity contribution >= 4 is 11.9 Å². The van der Waals surface area contributed by atoms with Crippen LogP contribution in [0.25, 0.3) is 11.3 Å². The average Bonchev–Trinajstić information content (AvgIpc) is 3.56. The monoisotopic (exact) mass is 524 g/mol. The van der Waals surface area contributed by atoms with Gasteiger partial charge in [0.25, 0.3) is 5.91 Å². The van der Waals surface area contributed by atoms with Crippen LogP contribution in [0.3, 0.4) is 0 Å². The third-order valence-electron chi connectivity index (χ3n) is 7.20. The second kappa shape index (κ2) is 10.8. The largest absolute Gasteiger partial charge is 0.481 e. The van der Waals surface area contributed by atoms with Gasteiger partial charge in [0.05, 0.1) is 23.7 Å². The van der Waals surface area contributed by atoms with Crippen LogP contribution in [-0.4, -0.2) is 63.0 Å². The molecule has 2 aliphatic rings. The molecule has 2 aromatic rings. The van der Waals surface area contributed by atoms with Crippen LogP contribution < -0.4 is 5.32 Å². The van der Waals surface area contributed by atoms with Gasteiger partial charge < -0.3 is 10.4 Å². The second-order valence-corrected chi connectivity index (χ2v) is 10.3. The van der Waals surface area contributed by atoms with E-state index in [0.29, 0.717) is 25.9 Å². The number of alkyl halides is 4. The van der Waals surface area contributed by atoms with Crippen molar-refractivity contribution in [3.63, 3.8) is 0 Å². The quantitative estimate of drug-likeness (QED) is 0.447. The first-order valence-electron chi connectivity index (χ1n) is 12.6. The minimum atomic E-state index is -4.58. The molecule has 37 heavy (non-hydrogen) atoms. The Morgan fingerprint density at radius 1 is 1.24 bits per heavy atom. The number of aliphatic carboxylic acids is 1. The Morgan fingerprint density at radius 2 is 1.95 bits per heavy atom. The molecule has 7 nitrogen and oxygen atoms in total. The number of nitrogens with one attached hydrogen (secondary N) is 1. The van der Waals surface area contributed by atoms with Gasteiger partial charge in [-0.15, -0.1) is 0 Å². The Hall–Kier alpha value is -2.95. The van der Waals surface area contributed by atoms with Gasteiger partial charge in [0.1, 0.15) is 5.67 Å². The molecule has 1 amide bonds. The lowest BCUT2D eigenvalue weighted by Crippen LogP contribution is -2.39. The van der Waals surface area contributed by atoms with Gasteiger partial charge in [-0.2, -0.15) is 18.3 Å². The average molecular weight is 525 g/mol. The fourth-order valence-corrected chi connectivity index (χ4v) is 5.33. The standard InChI is InChI=1S/C26H32F4N4O3/c1-25(27)11-13-33(16-25)12-10-17(14-23(35)36)31-24(37)21-15-22(34(32-21)18-6-2-3-7-18)19-8-4-5-9-20(19)26(28,29)30/h4-5,8-9,15,17-18H,2-3,6-7,10-14,16H2,1H3,(H,31,37)(H,35,36)/t17-,25?/m0/s1. The van der Waals surface area contributed by atoms with Crippen LogP contribution in [0.2, 0.25) is 0 Å². The van der Waals surface area contributed by atoms with Crippen LogP contribution in [0.1, 0.15) is 74.0 Å². The predicted molar refractivity (Wildman–Crippen MR) is 129 cm³/mol. The van der Waals surface area contributed by atoms with Crippen LogP contribution in [0.4, 0.5) is 17.6 Å². The molecule has 1 aliphatic heterocycles. The van der Waals surface area contributed by atoms with Gasteiger partial charge in [-0.25, -0.2) is 4.39 Å². The zero-order chi connectivity index (χ0) is 26.8. The molecule has 2 atom stereocenters. The number of likely N-dealkylation sites (tertiary alicyclic amines) is 1. The highest BCUT2D eigenvalue weighted by Crippen LogP contribution is 2.40. The Kier molecular flexibility index (Phi) is 7.91. The molecular weight excluding hydrogens is 492 g/mol. The van der Waals surface area contributed by atoms with Gasteiger partial charge in [-0.05, 0) is 44.7 Å². The molecule has 2 fully saturated rings. The highest BCUT2D eigenvalue weighted by atomic mass is 19.4. The fraction of sp³-hybridized carbons (Fsp3) is 0.577. The van der Waals surface area contributed by atoms with Crippen LogP contribution >= 0.6 is 0 Å². The van der Waals surface area contributed by atoms with Gasteiger partial charge in [-0.1, -0.05) is 31.0 Å². The maximum atomic E-state index is 14.2. The van der Waals surface area contributed by atoms with Gasteiger partial charge >= 0.3 is 12.1 Å². The van der Waals surface area contributed by atoms with Crippen molar-refractivity contribution in [2.75, 3.05) is 19.6 Å². The van der Waals surface area contributed by atoms with Crippen molar-refractivity contribution in [2.24, 2.45) is 0 Å². The molecule has 1 aromatic heterocycles. The topological polar surface area (TPSA) is 87.5 Å². The van der Waals surface area contributed by atoms with Crippen molar-refractivity contribution in [1.82, 2.24) is 20.0 Å². The van der Waals surface area contributed by atoms with E-state index in [2.05, 4.69) is 10.4 Å². The molecule has 2 heterocycles. The lowest BCUT2D eigenvalue weighted by Gasteiger charge is -2.21. The third-order valence-corrected chi connectivity index (χ3v) is 7.20. The van der Waals surface area contributed by atoms with Crippen molar-refractivity contribution in [3.8, 4) is 11.3 Å². The summed E-state index contributed by atoms with van der Waals surface area (Å²) in [5, 5.41) is 16.4. The molecular formula is C26H32F4N4O3. The first-order valence-corrected chi connectivity index (χ1v) is 12.6. The van der Waals surface area contributed by atoms with E-state index >= 15 is 0 Å². The number of carbonyl (C=O) groups is 2. The van der Waals surface area contributed by atoms with Crippen molar-refractivity contribution in [2.45, 2.75) is 75.8 Å². The first-order chi connectivity index (χ1) is 17.4. The van der Waals surface area contributed by atoms with Crippen LogP contribution in [0.5, 0.6) is 0 Å². The van der Waals surface area contributed by atoms with Crippen molar-refractivity contribution in [3.05, 3.63) is 41.6 Å². The number of benzene rings is 1. The van der Waals surface area contributed by atoms with Crippen LogP contribution in [0.15, 0.2) is 30.3 Å². The number of rotatable bonds is 9. The van der Waals surface area contributed by atoms with E-state index in [1.807, 2.05) is 4.90 Å². The minimum absolute atomic E-state index is 0.0566. The predicted octanol–water partition coefficient (Wildman–Crippen LogP) is 5.08. The molecule has 1 saturated carbocycles. The summed E-state index contributed by atoms with van der Waals surface area (Å²) in [5.74, 6) is -1.75. The number of hydrogen-bond acceptors (Lipinski definition) is 4. The van der Waals surface area contributed by atoms with Gasteiger partial charge in [0.2, 0.25) is 0 Å². The maximum Gasteiger partial charge on any atom is 0.417 e. The smallest absolute Gasteiger partial charge is 0.417 e. The van der Waals surface area contributed by atoms with E-state index < -0.39 is 35.3 Å². The molecule has 1 unspecified atom stereocenters. The molecule has 2 N–H and O–H groups in total. The van der Waals surface area contributed by atoms with E-state index in [1.165, 1.54) is 35.9 Å². The molecule has 0 spiro atoms. The number of carboxylic acid groups (broad SMARTS) is 1. The van der Waals surface area contributed by atoms with E-state index in [-0.39, 0.29) is 36.0 Å². The van der Waals surface area contributed by atoms with E-state index in [0.717, 1.165) is 31.7 Å². The minimum Gasteiger partial charge on any atom is -0.481 e. The summed E-state index contributed by atoms with van der Waals surface area (Å²) in [6.45, 7) is 2.74. The maximum absolute atomic E-state index is 14.2. The number of halogens is 4. The molecule has 0 radical (unpaired) electrons. The van der Waals surface area contributed by atoms with Crippen molar-refractivity contribution in [1.29, 1.82) is 0 Å². The summed E-state index contributed by atoms with van der Waals surface area (Å²) < 4.78 is 57.0. The molecule has 1 saturated heterocycles. The summed E-state index contributed by atoms with van der Waals surface area (Å²) in [5.41, 5.74) is -2.01. The summed E-state index contributed by atoms with van der Waals surface area (Å²) in [6.07, 6.45) is -0.904. The zero-order valence-corrected chi connectivity index (χ0v) is 20.7. The number of nitrogens with zero attached hydrogens (tertiary/aromatic N) is 3. The van der Waals surface area contributed by atoms with E-state index in [9.17, 15) is 32.3 Å². The molecule has 4 rings (SSSR count). The van der Waals surface area contributed by atoms with Gasteiger partial charge in [0.15, 0.2) is 5.69 Å². The van der Waals surface area contributed by atoms with E-state index in [4.69, 9.17) is 0 Å². The van der Waals surface area contributed by atoms with Gasteiger partial charge in [0, 0.05) is 31.2 Å². The summed E-state index contributed by atoms with van der Waals surface area (Å²) >= 11 is 0. The fourth-order valence-electron chi connectivity index (χ4n) is 5.33. The summed E-state index contributed by atoms with van der Waals surface area (Å²) in [4.78, 5) is 26.5. The highest BCUT2D eigenvalue weighted by molar-refractivity contribution is 5.94. The lowest BCUT2D eigenvalue weighted by molar-refractivity contribution is -0.138.